The van der Waals surface area contributed by atoms with Gasteiger partial charge in [-0.15, -0.1) is 0 Å². The van der Waals surface area contributed by atoms with E-state index in [2.05, 4.69) is 6.92 Å². The highest BCUT2D eigenvalue weighted by Gasteiger charge is 2.07. The summed E-state index contributed by atoms with van der Waals surface area (Å²) in [6.45, 7) is 3.76. The van der Waals surface area contributed by atoms with Gasteiger partial charge in [-0.25, -0.2) is 0 Å². The molecule has 1 atom stereocenters. The van der Waals surface area contributed by atoms with E-state index < -0.39 is 6.10 Å². The summed E-state index contributed by atoms with van der Waals surface area (Å²) in [5.41, 5.74) is 0. The molecule has 0 aromatic carbocycles. The Labute approximate surface area is 92.4 Å². The van der Waals surface area contributed by atoms with Crippen molar-refractivity contribution in [3.63, 3.8) is 0 Å². The van der Waals surface area contributed by atoms with Crippen LogP contribution in [-0.2, 0) is 9.53 Å². The SMILES string of the molecule is CCCCCCCCC(=O)OC(C)C#N. The van der Waals surface area contributed by atoms with Crippen LogP contribution in [0.1, 0.15) is 58.8 Å². The van der Waals surface area contributed by atoms with Crippen LogP contribution in [-0.4, -0.2) is 12.1 Å². The zero-order chi connectivity index (χ0) is 11.5. The molecule has 3 heteroatoms. The van der Waals surface area contributed by atoms with E-state index in [0.29, 0.717) is 6.42 Å². The smallest absolute Gasteiger partial charge is 0.307 e. The summed E-state index contributed by atoms with van der Waals surface area (Å²) in [4.78, 5) is 11.1. The molecule has 0 aromatic rings. The topological polar surface area (TPSA) is 50.1 Å². The van der Waals surface area contributed by atoms with Crippen molar-refractivity contribution in [3.05, 3.63) is 0 Å². The lowest BCUT2D eigenvalue weighted by Crippen LogP contribution is -2.12. The second-order valence-corrected chi connectivity index (χ2v) is 3.78. The lowest BCUT2D eigenvalue weighted by atomic mass is 10.1. The molecule has 0 rings (SSSR count). The molecule has 15 heavy (non-hydrogen) atoms. The highest BCUT2D eigenvalue weighted by atomic mass is 16.5. The number of hydrogen-bond acceptors (Lipinski definition) is 3. The van der Waals surface area contributed by atoms with Gasteiger partial charge in [-0.05, 0) is 13.3 Å². The summed E-state index contributed by atoms with van der Waals surface area (Å²) in [6.07, 6.45) is 6.74. The van der Waals surface area contributed by atoms with Gasteiger partial charge in [-0.3, -0.25) is 4.79 Å². The van der Waals surface area contributed by atoms with Crippen molar-refractivity contribution in [2.24, 2.45) is 0 Å². The maximum Gasteiger partial charge on any atom is 0.307 e. The minimum atomic E-state index is -0.613. The number of nitriles is 1. The van der Waals surface area contributed by atoms with Gasteiger partial charge in [0.1, 0.15) is 6.07 Å². The van der Waals surface area contributed by atoms with Crippen molar-refractivity contribution < 1.29 is 9.53 Å². The summed E-state index contributed by atoms with van der Waals surface area (Å²) in [7, 11) is 0. The van der Waals surface area contributed by atoms with Crippen molar-refractivity contribution >= 4 is 5.97 Å². The molecule has 0 aliphatic rings. The number of carbonyl (C=O) groups is 1. The Hall–Kier alpha value is -1.04. The summed E-state index contributed by atoms with van der Waals surface area (Å²) in [5.74, 6) is -0.250. The van der Waals surface area contributed by atoms with Gasteiger partial charge in [-0.1, -0.05) is 39.0 Å². The average molecular weight is 211 g/mol. The second-order valence-electron chi connectivity index (χ2n) is 3.78. The van der Waals surface area contributed by atoms with Gasteiger partial charge in [-0.2, -0.15) is 5.26 Å². The van der Waals surface area contributed by atoms with Crippen LogP contribution in [0, 0.1) is 11.3 Å². The molecule has 0 heterocycles. The molecule has 0 aromatic heterocycles. The van der Waals surface area contributed by atoms with Crippen LogP contribution in [0.25, 0.3) is 0 Å². The van der Waals surface area contributed by atoms with Crippen LogP contribution in [0.5, 0.6) is 0 Å². The zero-order valence-corrected chi connectivity index (χ0v) is 9.79. The molecule has 0 saturated heterocycles. The fourth-order valence-electron chi connectivity index (χ4n) is 1.33. The number of unbranched alkanes of at least 4 members (excludes halogenated alkanes) is 5. The van der Waals surface area contributed by atoms with E-state index in [1.54, 1.807) is 6.92 Å². The van der Waals surface area contributed by atoms with Crippen LogP contribution in [0.2, 0.25) is 0 Å². The summed E-state index contributed by atoms with van der Waals surface area (Å²) < 4.78 is 4.83. The first-order valence-electron chi connectivity index (χ1n) is 5.79. The van der Waals surface area contributed by atoms with Crippen molar-refractivity contribution in [3.8, 4) is 6.07 Å². The molecular formula is C12H21NO2. The third kappa shape index (κ3) is 9.27. The molecule has 0 saturated carbocycles. The van der Waals surface area contributed by atoms with E-state index in [-0.39, 0.29) is 5.97 Å². The quantitative estimate of drug-likeness (QED) is 0.457. The zero-order valence-electron chi connectivity index (χ0n) is 9.79. The van der Waals surface area contributed by atoms with E-state index in [1.165, 1.54) is 25.7 Å². The largest absolute Gasteiger partial charge is 0.447 e. The number of esters is 1. The first-order valence-corrected chi connectivity index (χ1v) is 5.79. The minimum Gasteiger partial charge on any atom is -0.447 e. The van der Waals surface area contributed by atoms with Gasteiger partial charge in [0.2, 0.25) is 0 Å². The minimum absolute atomic E-state index is 0.250. The maximum atomic E-state index is 11.1. The monoisotopic (exact) mass is 211 g/mol. The Morgan fingerprint density at radius 1 is 1.27 bits per heavy atom. The summed E-state index contributed by atoms with van der Waals surface area (Å²) in [5, 5.41) is 8.43. The van der Waals surface area contributed by atoms with Crippen LogP contribution in [0.15, 0.2) is 0 Å². The van der Waals surface area contributed by atoms with Crippen LogP contribution < -0.4 is 0 Å². The van der Waals surface area contributed by atoms with E-state index in [4.69, 9.17) is 10.00 Å². The van der Waals surface area contributed by atoms with Crippen molar-refractivity contribution in [1.82, 2.24) is 0 Å². The number of carbonyl (C=O) groups excluding carboxylic acids is 1. The Balaban J connectivity index is 3.28. The fraction of sp³-hybridized carbons (Fsp3) is 0.833. The standard InChI is InChI=1S/C12H21NO2/c1-3-4-5-6-7-8-9-12(14)15-11(2)10-13/h11H,3-9H2,1-2H3. The molecule has 0 fully saturated rings. The number of ether oxygens (including phenoxy) is 1. The number of nitrogens with zero attached hydrogens (tertiary/aromatic N) is 1. The molecule has 0 radical (unpaired) electrons. The Bertz CT molecular complexity index is 208. The normalized spacial score (nSPS) is 11.8. The van der Waals surface area contributed by atoms with Crippen LogP contribution in [0.3, 0.4) is 0 Å². The molecule has 3 nitrogen and oxygen atoms in total. The molecule has 0 spiro atoms. The van der Waals surface area contributed by atoms with Crippen LogP contribution in [0.4, 0.5) is 0 Å². The Morgan fingerprint density at radius 2 is 1.87 bits per heavy atom. The second kappa shape index (κ2) is 9.51. The van der Waals surface area contributed by atoms with E-state index in [9.17, 15) is 4.79 Å². The van der Waals surface area contributed by atoms with Gasteiger partial charge < -0.3 is 4.74 Å². The predicted octanol–water partition coefficient (Wildman–Crippen LogP) is 3.19. The first-order chi connectivity index (χ1) is 7.20. The highest BCUT2D eigenvalue weighted by Crippen LogP contribution is 2.07. The van der Waals surface area contributed by atoms with Crippen molar-refractivity contribution in [2.75, 3.05) is 0 Å². The lowest BCUT2D eigenvalue weighted by molar-refractivity contribution is -0.146. The van der Waals surface area contributed by atoms with E-state index >= 15 is 0 Å². The van der Waals surface area contributed by atoms with Crippen molar-refractivity contribution in [1.29, 1.82) is 5.26 Å². The molecule has 0 aliphatic heterocycles. The third-order valence-corrected chi connectivity index (χ3v) is 2.22. The van der Waals surface area contributed by atoms with Gasteiger partial charge in [0.15, 0.2) is 6.10 Å². The fourth-order valence-corrected chi connectivity index (χ4v) is 1.33. The molecule has 0 amide bonds. The molecule has 0 N–H and O–H groups in total. The average Bonchev–Trinajstić information content (AvgIpc) is 2.23. The van der Waals surface area contributed by atoms with Gasteiger partial charge in [0.25, 0.3) is 0 Å². The molecule has 86 valence electrons. The molecule has 0 aliphatic carbocycles. The lowest BCUT2D eigenvalue weighted by Gasteiger charge is -2.05. The first kappa shape index (κ1) is 14.0. The Kier molecular flexibility index (Phi) is 8.85. The third-order valence-electron chi connectivity index (χ3n) is 2.22. The molecule has 1 unspecified atom stereocenters. The Morgan fingerprint density at radius 3 is 2.47 bits per heavy atom. The number of hydrogen-bond donors (Lipinski definition) is 0. The van der Waals surface area contributed by atoms with E-state index in [0.717, 1.165) is 12.8 Å². The van der Waals surface area contributed by atoms with Gasteiger partial charge in [0.05, 0.1) is 0 Å². The van der Waals surface area contributed by atoms with Gasteiger partial charge >= 0.3 is 5.97 Å². The number of rotatable bonds is 8. The predicted molar refractivity (Wildman–Crippen MR) is 59.2 cm³/mol. The molecular weight excluding hydrogens is 190 g/mol. The maximum absolute atomic E-state index is 11.1. The highest BCUT2D eigenvalue weighted by molar-refractivity contribution is 5.69. The van der Waals surface area contributed by atoms with Gasteiger partial charge in [0, 0.05) is 6.42 Å². The van der Waals surface area contributed by atoms with Crippen LogP contribution >= 0.6 is 0 Å². The van der Waals surface area contributed by atoms with Crippen molar-refractivity contribution in [2.45, 2.75) is 64.9 Å². The van der Waals surface area contributed by atoms with E-state index in [1.807, 2.05) is 6.07 Å². The molecule has 0 bridgehead atoms. The summed E-state index contributed by atoms with van der Waals surface area (Å²) in [6, 6.07) is 1.87. The summed E-state index contributed by atoms with van der Waals surface area (Å²) >= 11 is 0.